The van der Waals surface area contributed by atoms with Gasteiger partial charge in [-0.25, -0.2) is 13.6 Å². The van der Waals surface area contributed by atoms with E-state index in [1.165, 1.54) is 47.9 Å². The van der Waals surface area contributed by atoms with E-state index >= 15 is 0 Å². The first-order valence-electron chi connectivity index (χ1n) is 15.6. The molecule has 12 heteroatoms. The highest BCUT2D eigenvalue weighted by atomic mass is 32.1. The standard InChI is InChI=1S/C35H35F2N5O4S/c1-3-46-35(43)30-22(2)38-34-32(31(30)25-5-4-6-28(21-25)42(44)45)29(39-47-34)15-16-40-17-19-41(20-18-40)33(23-7-11-26(36)12-8-23)24-9-13-27(37)14-10-24/h4-14,21,31,33,38H,3,15-20H2,1-2H3. The van der Waals surface area contributed by atoms with Crippen molar-refractivity contribution in [2.45, 2.75) is 32.2 Å². The van der Waals surface area contributed by atoms with E-state index in [9.17, 15) is 23.7 Å². The minimum atomic E-state index is -0.567. The second kappa shape index (κ2) is 14.1. The molecule has 1 saturated heterocycles. The van der Waals surface area contributed by atoms with Crippen LogP contribution in [0.25, 0.3) is 0 Å². The number of benzene rings is 3. The summed E-state index contributed by atoms with van der Waals surface area (Å²) in [4.78, 5) is 29.2. The number of esters is 1. The Morgan fingerprint density at radius 2 is 1.68 bits per heavy atom. The molecule has 0 amide bonds. The third-order valence-electron chi connectivity index (χ3n) is 8.80. The van der Waals surface area contributed by atoms with Gasteiger partial charge in [-0.15, -0.1) is 0 Å². The molecule has 1 atom stereocenters. The van der Waals surface area contributed by atoms with Crippen molar-refractivity contribution < 1.29 is 23.2 Å². The monoisotopic (exact) mass is 659 g/mol. The maximum atomic E-state index is 13.8. The molecule has 3 aromatic carbocycles. The molecule has 0 saturated carbocycles. The summed E-state index contributed by atoms with van der Waals surface area (Å²) in [5.41, 5.74) is 5.20. The summed E-state index contributed by atoms with van der Waals surface area (Å²) in [6, 6.07) is 19.2. The maximum absolute atomic E-state index is 13.8. The van der Waals surface area contributed by atoms with E-state index in [2.05, 4.69) is 15.1 Å². The fourth-order valence-corrected chi connectivity index (χ4v) is 7.47. The van der Waals surface area contributed by atoms with Gasteiger partial charge in [0.15, 0.2) is 0 Å². The molecule has 0 aliphatic carbocycles. The number of allylic oxidation sites excluding steroid dienone is 1. The first kappa shape index (κ1) is 32.4. The Balaban J connectivity index is 1.21. The van der Waals surface area contributed by atoms with Gasteiger partial charge >= 0.3 is 5.97 Å². The summed E-state index contributed by atoms with van der Waals surface area (Å²) in [6.07, 6.45) is 0.618. The van der Waals surface area contributed by atoms with E-state index < -0.39 is 16.8 Å². The minimum absolute atomic E-state index is 0.0503. The highest BCUT2D eigenvalue weighted by Gasteiger charge is 2.37. The van der Waals surface area contributed by atoms with Crippen molar-refractivity contribution in [3.8, 4) is 0 Å². The van der Waals surface area contributed by atoms with Crippen LogP contribution in [0.4, 0.5) is 19.5 Å². The Hall–Kier alpha value is -4.52. The molecule has 9 nitrogen and oxygen atoms in total. The number of piperazine rings is 1. The summed E-state index contributed by atoms with van der Waals surface area (Å²) in [7, 11) is 0. The van der Waals surface area contributed by atoms with Crippen LogP contribution in [0.5, 0.6) is 0 Å². The predicted octanol–water partition coefficient (Wildman–Crippen LogP) is 6.67. The van der Waals surface area contributed by atoms with E-state index in [1.54, 1.807) is 43.3 Å². The molecule has 2 aliphatic heterocycles. The third kappa shape index (κ3) is 6.95. The van der Waals surface area contributed by atoms with Crippen LogP contribution < -0.4 is 5.32 Å². The molecule has 2 aliphatic rings. The number of fused-ring (bicyclic) bond motifs is 1. The van der Waals surface area contributed by atoms with Crippen molar-refractivity contribution in [2.24, 2.45) is 0 Å². The van der Waals surface area contributed by atoms with E-state index in [4.69, 9.17) is 9.11 Å². The smallest absolute Gasteiger partial charge is 0.336 e. The van der Waals surface area contributed by atoms with Gasteiger partial charge in [-0.1, -0.05) is 36.4 Å². The van der Waals surface area contributed by atoms with Gasteiger partial charge in [-0.05, 0) is 66.3 Å². The number of carbonyl (C=O) groups is 1. The third-order valence-corrected chi connectivity index (χ3v) is 9.62. The fourth-order valence-electron chi connectivity index (χ4n) is 6.54. The molecule has 1 unspecified atom stereocenters. The summed E-state index contributed by atoms with van der Waals surface area (Å²) in [5.74, 6) is -1.64. The second-order valence-electron chi connectivity index (χ2n) is 11.7. The van der Waals surface area contributed by atoms with Crippen molar-refractivity contribution in [3.05, 3.63) is 134 Å². The Morgan fingerprint density at radius 1 is 1.04 bits per heavy atom. The lowest BCUT2D eigenvalue weighted by Gasteiger charge is -2.40. The molecule has 0 radical (unpaired) electrons. The van der Waals surface area contributed by atoms with Crippen molar-refractivity contribution in [1.29, 1.82) is 0 Å². The lowest BCUT2D eigenvalue weighted by atomic mass is 9.81. The molecule has 1 N–H and O–H groups in total. The Labute approximate surface area is 275 Å². The number of non-ortho nitro benzene ring substituents is 1. The molecule has 3 heterocycles. The molecule has 0 spiro atoms. The van der Waals surface area contributed by atoms with Gasteiger partial charge < -0.3 is 15.0 Å². The van der Waals surface area contributed by atoms with E-state index in [1.807, 2.05) is 6.92 Å². The number of nitro benzene ring substituents is 1. The number of aromatic nitrogens is 1. The largest absolute Gasteiger partial charge is 0.463 e. The molecule has 47 heavy (non-hydrogen) atoms. The number of nitrogens with zero attached hydrogens (tertiary/aromatic N) is 4. The van der Waals surface area contributed by atoms with Crippen molar-refractivity contribution in [2.75, 3.05) is 44.6 Å². The summed E-state index contributed by atoms with van der Waals surface area (Å²) >= 11 is 1.32. The number of hydrogen-bond donors (Lipinski definition) is 1. The normalized spacial score (nSPS) is 17.0. The van der Waals surface area contributed by atoms with Gasteiger partial charge in [0.1, 0.15) is 16.6 Å². The topological polar surface area (TPSA) is 101 Å². The maximum Gasteiger partial charge on any atom is 0.336 e. The van der Waals surface area contributed by atoms with Gasteiger partial charge in [0.2, 0.25) is 0 Å². The quantitative estimate of drug-likeness (QED) is 0.114. The molecule has 1 fully saturated rings. The van der Waals surface area contributed by atoms with Gasteiger partial charge in [0.05, 0.1) is 28.8 Å². The van der Waals surface area contributed by atoms with Crippen molar-refractivity contribution >= 4 is 28.2 Å². The lowest BCUT2D eigenvalue weighted by Crippen LogP contribution is -2.48. The first-order chi connectivity index (χ1) is 22.7. The summed E-state index contributed by atoms with van der Waals surface area (Å²) in [6.45, 7) is 7.55. The van der Waals surface area contributed by atoms with Gasteiger partial charge in [0.25, 0.3) is 5.69 Å². The summed E-state index contributed by atoms with van der Waals surface area (Å²) in [5, 5.41) is 15.8. The first-order valence-corrected chi connectivity index (χ1v) is 16.4. The fraction of sp³-hybridized carbons (Fsp3) is 0.314. The number of hydrogen-bond acceptors (Lipinski definition) is 9. The van der Waals surface area contributed by atoms with Crippen LogP contribution >= 0.6 is 11.5 Å². The number of anilines is 1. The number of carbonyl (C=O) groups excluding carboxylic acids is 1. The molecule has 4 aromatic rings. The van der Waals surface area contributed by atoms with Gasteiger partial charge in [0, 0.05) is 68.5 Å². The SMILES string of the molecule is CCOC(=O)C1=C(C)Nc2snc(CCN3CCN(C(c4ccc(F)cc4)c4ccc(F)cc4)CC3)c2C1c1cccc([N+](=O)[O-])c1. The minimum Gasteiger partial charge on any atom is -0.463 e. The zero-order chi connectivity index (χ0) is 33.1. The number of ether oxygens (including phenoxy) is 1. The van der Waals surface area contributed by atoms with Crippen LogP contribution in [-0.4, -0.2) is 64.4 Å². The molecule has 244 valence electrons. The van der Waals surface area contributed by atoms with Crippen molar-refractivity contribution in [1.82, 2.24) is 14.2 Å². The van der Waals surface area contributed by atoms with E-state index in [-0.39, 0.29) is 30.0 Å². The average Bonchev–Trinajstić information content (AvgIpc) is 3.47. The molecule has 6 rings (SSSR count). The van der Waals surface area contributed by atoms with Crippen LogP contribution in [-0.2, 0) is 16.0 Å². The molecular formula is C35H35F2N5O4S. The van der Waals surface area contributed by atoms with Crippen LogP contribution in [0.15, 0.2) is 84.1 Å². The van der Waals surface area contributed by atoms with Crippen molar-refractivity contribution in [3.63, 3.8) is 0 Å². The van der Waals surface area contributed by atoms with E-state index in [0.717, 1.165) is 60.1 Å². The Kier molecular flexibility index (Phi) is 9.71. The molecule has 1 aromatic heterocycles. The lowest BCUT2D eigenvalue weighted by molar-refractivity contribution is -0.384. The predicted molar refractivity (Wildman–Crippen MR) is 176 cm³/mol. The highest BCUT2D eigenvalue weighted by Crippen LogP contribution is 2.46. The summed E-state index contributed by atoms with van der Waals surface area (Å²) < 4.78 is 37.7. The zero-order valence-electron chi connectivity index (χ0n) is 26.1. The van der Waals surface area contributed by atoms with Crippen LogP contribution in [0.3, 0.4) is 0 Å². The molecule has 0 bridgehead atoms. The Morgan fingerprint density at radius 3 is 2.28 bits per heavy atom. The zero-order valence-corrected chi connectivity index (χ0v) is 26.9. The number of nitro groups is 1. The number of nitrogens with one attached hydrogen (secondary N) is 1. The number of rotatable bonds is 10. The Bertz CT molecular complexity index is 1740. The number of halogens is 2. The van der Waals surface area contributed by atoms with Gasteiger partial charge in [-0.2, -0.15) is 4.37 Å². The van der Waals surface area contributed by atoms with Crippen LogP contribution in [0.1, 0.15) is 53.8 Å². The van der Waals surface area contributed by atoms with Gasteiger partial charge in [-0.3, -0.25) is 15.0 Å². The molecular weight excluding hydrogens is 624 g/mol. The van der Waals surface area contributed by atoms with Crippen LogP contribution in [0.2, 0.25) is 0 Å². The second-order valence-corrected chi connectivity index (χ2v) is 12.4. The average molecular weight is 660 g/mol. The highest BCUT2D eigenvalue weighted by molar-refractivity contribution is 7.10. The van der Waals surface area contributed by atoms with E-state index in [0.29, 0.717) is 23.3 Å². The van der Waals surface area contributed by atoms with Crippen LogP contribution in [0, 0.1) is 21.7 Å².